The molecule has 0 spiro atoms. The van der Waals surface area contributed by atoms with E-state index in [0.29, 0.717) is 0 Å². The van der Waals surface area contributed by atoms with Crippen LogP contribution in [0.5, 0.6) is 0 Å². The number of rotatable bonds is 8. The van der Waals surface area contributed by atoms with Crippen LogP contribution in [-0.2, 0) is 11.2 Å². The molecule has 1 fully saturated rings. The normalized spacial score (nSPS) is 15.8. The second kappa shape index (κ2) is 12.8. The lowest BCUT2D eigenvalue weighted by molar-refractivity contribution is 0.0377. The molecule has 0 aliphatic carbocycles. The van der Waals surface area contributed by atoms with Crippen LogP contribution in [-0.4, -0.2) is 68.3 Å². The Labute approximate surface area is 166 Å². The Morgan fingerprint density at radius 3 is 2.83 bits per heavy atom. The van der Waals surface area contributed by atoms with Crippen LogP contribution in [0.1, 0.15) is 23.2 Å². The number of hydrogen-bond donors (Lipinski definition) is 2. The van der Waals surface area contributed by atoms with Gasteiger partial charge in [-0.2, -0.15) is 0 Å². The Morgan fingerprint density at radius 2 is 2.17 bits per heavy atom. The molecule has 24 heavy (non-hydrogen) atoms. The van der Waals surface area contributed by atoms with Gasteiger partial charge in [0.25, 0.3) is 0 Å². The highest BCUT2D eigenvalue weighted by atomic mass is 127. The van der Waals surface area contributed by atoms with E-state index in [-0.39, 0.29) is 24.0 Å². The zero-order valence-corrected chi connectivity index (χ0v) is 17.9. The summed E-state index contributed by atoms with van der Waals surface area (Å²) in [5.41, 5.74) is 0. The van der Waals surface area contributed by atoms with Gasteiger partial charge < -0.3 is 15.4 Å². The SMILES string of the molecule is CCNC(=NCCCN1CCOCC1)NCCc1ncc(C)s1.I. The van der Waals surface area contributed by atoms with E-state index in [0.717, 1.165) is 71.3 Å². The number of aryl methyl sites for hydroxylation is 1. The highest BCUT2D eigenvalue weighted by Crippen LogP contribution is 2.10. The van der Waals surface area contributed by atoms with Gasteiger partial charge in [-0.15, -0.1) is 35.3 Å². The molecule has 1 aliphatic rings. The number of nitrogens with zero attached hydrogens (tertiary/aromatic N) is 3. The predicted molar refractivity (Wildman–Crippen MR) is 112 cm³/mol. The molecular formula is C16H30IN5OS. The fourth-order valence-corrected chi connectivity index (χ4v) is 3.24. The van der Waals surface area contributed by atoms with Gasteiger partial charge in [0, 0.05) is 56.8 Å². The molecule has 2 rings (SSSR count). The third-order valence-electron chi connectivity index (χ3n) is 3.65. The van der Waals surface area contributed by atoms with E-state index >= 15 is 0 Å². The van der Waals surface area contributed by atoms with E-state index in [1.165, 1.54) is 9.88 Å². The van der Waals surface area contributed by atoms with E-state index in [2.05, 4.69) is 39.4 Å². The lowest BCUT2D eigenvalue weighted by Gasteiger charge is -2.26. The maximum atomic E-state index is 5.36. The maximum Gasteiger partial charge on any atom is 0.191 e. The third kappa shape index (κ3) is 8.59. The van der Waals surface area contributed by atoms with Crippen molar-refractivity contribution < 1.29 is 4.74 Å². The summed E-state index contributed by atoms with van der Waals surface area (Å²) in [7, 11) is 0. The summed E-state index contributed by atoms with van der Waals surface area (Å²) < 4.78 is 5.36. The van der Waals surface area contributed by atoms with Gasteiger partial charge in [-0.25, -0.2) is 4.98 Å². The summed E-state index contributed by atoms with van der Waals surface area (Å²) in [6, 6.07) is 0. The molecule has 8 heteroatoms. The molecule has 138 valence electrons. The lowest BCUT2D eigenvalue weighted by Crippen LogP contribution is -2.39. The number of thiazole rings is 1. The Kier molecular flexibility index (Phi) is 11.6. The van der Waals surface area contributed by atoms with Crippen LogP contribution in [0.4, 0.5) is 0 Å². The van der Waals surface area contributed by atoms with E-state index < -0.39 is 0 Å². The quantitative estimate of drug-likeness (QED) is 0.265. The minimum absolute atomic E-state index is 0. The molecule has 1 aromatic heterocycles. The van der Waals surface area contributed by atoms with E-state index in [1.807, 2.05) is 6.20 Å². The number of guanidine groups is 1. The van der Waals surface area contributed by atoms with Crippen LogP contribution in [0, 0.1) is 6.92 Å². The number of ether oxygens (including phenoxy) is 1. The first-order valence-electron chi connectivity index (χ1n) is 8.51. The van der Waals surface area contributed by atoms with Gasteiger partial charge in [-0.1, -0.05) is 0 Å². The number of hydrogen-bond acceptors (Lipinski definition) is 5. The van der Waals surface area contributed by atoms with Crippen molar-refractivity contribution in [2.45, 2.75) is 26.7 Å². The van der Waals surface area contributed by atoms with Crippen LogP contribution < -0.4 is 10.6 Å². The number of nitrogens with one attached hydrogen (secondary N) is 2. The van der Waals surface area contributed by atoms with Gasteiger partial charge in [0.05, 0.1) is 18.2 Å². The molecule has 6 nitrogen and oxygen atoms in total. The molecule has 0 amide bonds. The minimum Gasteiger partial charge on any atom is -0.379 e. The molecule has 1 aromatic rings. The van der Waals surface area contributed by atoms with E-state index in [1.54, 1.807) is 11.3 Å². The fraction of sp³-hybridized carbons (Fsp3) is 0.750. The van der Waals surface area contributed by atoms with Crippen LogP contribution in [0.3, 0.4) is 0 Å². The van der Waals surface area contributed by atoms with Gasteiger partial charge in [-0.3, -0.25) is 9.89 Å². The van der Waals surface area contributed by atoms with Crippen molar-refractivity contribution in [1.29, 1.82) is 0 Å². The Bertz CT molecular complexity index is 477. The molecular weight excluding hydrogens is 437 g/mol. The van der Waals surface area contributed by atoms with E-state index in [4.69, 9.17) is 4.74 Å². The predicted octanol–water partition coefficient (Wildman–Crippen LogP) is 1.89. The van der Waals surface area contributed by atoms with Gasteiger partial charge >= 0.3 is 0 Å². The second-order valence-corrected chi connectivity index (χ2v) is 6.93. The molecule has 0 aromatic carbocycles. The zero-order valence-electron chi connectivity index (χ0n) is 14.7. The Hall–Kier alpha value is -0.450. The monoisotopic (exact) mass is 467 g/mol. The van der Waals surface area contributed by atoms with Gasteiger partial charge in [0.2, 0.25) is 0 Å². The van der Waals surface area contributed by atoms with Crippen LogP contribution in [0.25, 0.3) is 0 Å². The van der Waals surface area contributed by atoms with Crippen molar-refractivity contribution in [3.8, 4) is 0 Å². The number of aliphatic imine (C=N–C) groups is 1. The molecule has 0 saturated carbocycles. The first-order valence-corrected chi connectivity index (χ1v) is 9.33. The molecule has 1 saturated heterocycles. The van der Waals surface area contributed by atoms with Crippen molar-refractivity contribution in [3.63, 3.8) is 0 Å². The summed E-state index contributed by atoms with van der Waals surface area (Å²) >= 11 is 1.76. The summed E-state index contributed by atoms with van der Waals surface area (Å²) in [5.74, 6) is 0.905. The zero-order chi connectivity index (χ0) is 16.3. The Balaban J connectivity index is 0.00000288. The fourth-order valence-electron chi connectivity index (χ4n) is 2.46. The first-order chi connectivity index (χ1) is 11.3. The molecule has 0 radical (unpaired) electrons. The van der Waals surface area contributed by atoms with Crippen LogP contribution in [0.2, 0.25) is 0 Å². The van der Waals surface area contributed by atoms with Crippen molar-refractivity contribution in [2.24, 2.45) is 4.99 Å². The molecule has 1 aliphatic heterocycles. The third-order valence-corrected chi connectivity index (χ3v) is 4.62. The number of morpholine rings is 1. The molecule has 2 heterocycles. The molecule has 0 bridgehead atoms. The van der Waals surface area contributed by atoms with Crippen LogP contribution in [0.15, 0.2) is 11.2 Å². The highest BCUT2D eigenvalue weighted by molar-refractivity contribution is 14.0. The van der Waals surface area contributed by atoms with Gasteiger partial charge in [-0.05, 0) is 20.3 Å². The lowest BCUT2D eigenvalue weighted by atomic mass is 10.3. The molecule has 0 atom stereocenters. The first kappa shape index (κ1) is 21.6. The topological polar surface area (TPSA) is 61.8 Å². The standard InChI is InChI=1S/C16H29N5OS.HI/c1-3-17-16(19-7-5-15-20-13-14(2)23-15)18-6-4-8-21-9-11-22-12-10-21;/h13H,3-12H2,1-2H3,(H2,17,18,19);1H. The summed E-state index contributed by atoms with van der Waals surface area (Å²) in [6.07, 6.45) is 3.96. The molecule has 2 N–H and O–H groups in total. The molecule has 0 unspecified atom stereocenters. The smallest absolute Gasteiger partial charge is 0.191 e. The maximum absolute atomic E-state index is 5.36. The number of aromatic nitrogens is 1. The van der Waals surface area contributed by atoms with Gasteiger partial charge in [0.15, 0.2) is 5.96 Å². The Morgan fingerprint density at radius 1 is 1.38 bits per heavy atom. The summed E-state index contributed by atoms with van der Waals surface area (Å²) in [4.78, 5) is 12.8. The average molecular weight is 467 g/mol. The minimum atomic E-state index is 0. The highest BCUT2D eigenvalue weighted by Gasteiger charge is 2.09. The largest absolute Gasteiger partial charge is 0.379 e. The van der Waals surface area contributed by atoms with Crippen molar-refractivity contribution in [2.75, 3.05) is 52.5 Å². The van der Waals surface area contributed by atoms with Gasteiger partial charge in [0.1, 0.15) is 0 Å². The van der Waals surface area contributed by atoms with Crippen molar-refractivity contribution in [1.82, 2.24) is 20.5 Å². The second-order valence-electron chi connectivity index (χ2n) is 5.61. The average Bonchev–Trinajstić information content (AvgIpc) is 2.98. The van der Waals surface area contributed by atoms with Crippen molar-refractivity contribution in [3.05, 3.63) is 16.1 Å². The van der Waals surface area contributed by atoms with Crippen molar-refractivity contribution >= 4 is 41.3 Å². The van der Waals surface area contributed by atoms with Crippen LogP contribution >= 0.6 is 35.3 Å². The number of halogens is 1. The summed E-state index contributed by atoms with van der Waals surface area (Å²) in [5, 5.41) is 7.87. The van der Waals surface area contributed by atoms with E-state index in [9.17, 15) is 0 Å². The summed E-state index contributed by atoms with van der Waals surface area (Å²) in [6.45, 7) is 11.7.